The van der Waals surface area contributed by atoms with Crippen LogP contribution in [0.15, 0.2) is 23.8 Å². The first-order valence-corrected chi connectivity index (χ1v) is 5.50. The predicted octanol–water partition coefficient (Wildman–Crippen LogP) is 4.73. The van der Waals surface area contributed by atoms with E-state index in [1.165, 1.54) is 31.3 Å². The second-order valence-corrected chi connectivity index (χ2v) is 3.86. The molecular weight excluding hydrogens is 156 g/mol. The van der Waals surface area contributed by atoms with Crippen LogP contribution in [0.4, 0.5) is 0 Å². The Kier molecular flexibility index (Phi) is 7.77. The summed E-state index contributed by atoms with van der Waals surface area (Å²) in [6, 6.07) is 0. The van der Waals surface area contributed by atoms with Crippen LogP contribution < -0.4 is 0 Å². The Bertz CT molecular complexity index is 155. The average molecular weight is 180 g/mol. The molecule has 13 heavy (non-hydrogen) atoms. The van der Waals surface area contributed by atoms with Gasteiger partial charge in [-0.3, -0.25) is 0 Å². The maximum absolute atomic E-state index is 2.37. The Labute approximate surface area is 83.7 Å². The van der Waals surface area contributed by atoms with Crippen molar-refractivity contribution >= 4 is 0 Å². The van der Waals surface area contributed by atoms with Crippen molar-refractivity contribution in [3.63, 3.8) is 0 Å². The Hall–Kier alpha value is -0.520. The molecule has 0 aromatic rings. The molecule has 0 aromatic heterocycles. The third kappa shape index (κ3) is 7.83. The number of hydrogen-bond acceptors (Lipinski definition) is 0. The number of allylic oxidation sites excluding steroid dienone is 4. The van der Waals surface area contributed by atoms with Crippen molar-refractivity contribution in [1.82, 2.24) is 0 Å². The van der Waals surface area contributed by atoms with Crippen molar-refractivity contribution in [2.24, 2.45) is 5.92 Å². The van der Waals surface area contributed by atoms with Crippen LogP contribution in [-0.4, -0.2) is 0 Å². The van der Waals surface area contributed by atoms with Crippen molar-refractivity contribution < 1.29 is 0 Å². The van der Waals surface area contributed by atoms with Gasteiger partial charge in [0, 0.05) is 0 Å². The molecule has 0 aliphatic carbocycles. The van der Waals surface area contributed by atoms with Crippen molar-refractivity contribution in [1.29, 1.82) is 0 Å². The molecule has 0 nitrogen and oxygen atoms in total. The molecule has 0 rings (SSSR count). The minimum atomic E-state index is 0.798. The summed E-state index contributed by atoms with van der Waals surface area (Å²) in [5.41, 5.74) is 1.43. The summed E-state index contributed by atoms with van der Waals surface area (Å²) >= 11 is 0. The third-order valence-electron chi connectivity index (χ3n) is 2.34. The molecule has 0 N–H and O–H groups in total. The molecule has 0 saturated heterocycles. The topological polar surface area (TPSA) is 0 Å². The van der Waals surface area contributed by atoms with Gasteiger partial charge in [0.05, 0.1) is 0 Å². The summed E-state index contributed by atoms with van der Waals surface area (Å²) in [6.07, 6.45) is 11.9. The molecule has 0 saturated carbocycles. The number of unbranched alkanes of at least 4 members (excludes halogenated alkanes) is 1. The fourth-order valence-corrected chi connectivity index (χ4v) is 1.32. The van der Waals surface area contributed by atoms with Gasteiger partial charge in [0.1, 0.15) is 0 Å². The molecule has 0 aromatic carbocycles. The minimum Gasteiger partial charge on any atom is -0.0880 e. The molecule has 0 aliphatic heterocycles. The van der Waals surface area contributed by atoms with E-state index >= 15 is 0 Å². The van der Waals surface area contributed by atoms with Crippen LogP contribution in [-0.2, 0) is 0 Å². The van der Waals surface area contributed by atoms with E-state index in [0.717, 1.165) is 5.92 Å². The quantitative estimate of drug-likeness (QED) is 0.409. The van der Waals surface area contributed by atoms with Crippen LogP contribution in [0.5, 0.6) is 0 Å². The van der Waals surface area contributed by atoms with E-state index in [1.54, 1.807) is 0 Å². The van der Waals surface area contributed by atoms with Crippen molar-refractivity contribution in [2.75, 3.05) is 0 Å². The SMILES string of the molecule is CCC(C=CCCC=C(C)C)CC. The second-order valence-electron chi connectivity index (χ2n) is 3.86. The van der Waals surface area contributed by atoms with Crippen molar-refractivity contribution in [3.8, 4) is 0 Å². The Morgan fingerprint density at radius 1 is 1.08 bits per heavy atom. The van der Waals surface area contributed by atoms with Crippen LogP contribution in [0.3, 0.4) is 0 Å². The van der Waals surface area contributed by atoms with Gasteiger partial charge in [-0.15, -0.1) is 0 Å². The zero-order valence-corrected chi connectivity index (χ0v) is 9.64. The molecule has 0 atom stereocenters. The minimum absolute atomic E-state index is 0.798. The molecule has 0 spiro atoms. The normalized spacial score (nSPS) is 11.2. The summed E-state index contributed by atoms with van der Waals surface area (Å²) in [6.45, 7) is 8.83. The van der Waals surface area contributed by atoms with Gasteiger partial charge in [-0.1, -0.05) is 37.6 Å². The number of hydrogen-bond donors (Lipinski definition) is 0. The third-order valence-corrected chi connectivity index (χ3v) is 2.34. The fourth-order valence-electron chi connectivity index (χ4n) is 1.32. The molecule has 0 heteroatoms. The lowest BCUT2D eigenvalue weighted by Gasteiger charge is -2.04. The predicted molar refractivity (Wildman–Crippen MR) is 61.9 cm³/mol. The highest BCUT2D eigenvalue weighted by Gasteiger charge is 1.95. The lowest BCUT2D eigenvalue weighted by atomic mass is 10.0. The number of rotatable bonds is 6. The summed E-state index contributed by atoms with van der Waals surface area (Å²) in [5.74, 6) is 0.798. The maximum atomic E-state index is 2.37. The van der Waals surface area contributed by atoms with Gasteiger partial charge < -0.3 is 0 Å². The molecule has 0 fully saturated rings. The second kappa shape index (κ2) is 8.10. The van der Waals surface area contributed by atoms with E-state index in [4.69, 9.17) is 0 Å². The van der Waals surface area contributed by atoms with Gasteiger partial charge in [-0.2, -0.15) is 0 Å². The Balaban J connectivity index is 3.56. The lowest BCUT2D eigenvalue weighted by molar-refractivity contribution is 0.604. The first-order chi connectivity index (χ1) is 6.20. The Morgan fingerprint density at radius 3 is 2.15 bits per heavy atom. The smallest absolute Gasteiger partial charge is 0.0239 e. The highest BCUT2D eigenvalue weighted by atomic mass is 14.0. The van der Waals surface area contributed by atoms with E-state index in [2.05, 4.69) is 45.9 Å². The van der Waals surface area contributed by atoms with Gasteiger partial charge >= 0.3 is 0 Å². The largest absolute Gasteiger partial charge is 0.0880 e. The molecule has 0 unspecified atom stereocenters. The molecule has 76 valence electrons. The van der Waals surface area contributed by atoms with Crippen molar-refractivity contribution in [2.45, 2.75) is 53.4 Å². The molecule has 0 amide bonds. The van der Waals surface area contributed by atoms with Crippen LogP contribution in [0.25, 0.3) is 0 Å². The lowest BCUT2D eigenvalue weighted by Crippen LogP contribution is -1.89. The van der Waals surface area contributed by atoms with Crippen LogP contribution in [0, 0.1) is 5.92 Å². The van der Waals surface area contributed by atoms with E-state index in [0.29, 0.717) is 0 Å². The monoisotopic (exact) mass is 180 g/mol. The summed E-state index contributed by atoms with van der Waals surface area (Å²) in [4.78, 5) is 0. The standard InChI is InChI=1S/C13H24/c1-5-13(6-2)11-9-7-8-10-12(3)4/h9-11,13H,5-8H2,1-4H3. The van der Waals surface area contributed by atoms with Crippen molar-refractivity contribution in [3.05, 3.63) is 23.8 Å². The van der Waals surface area contributed by atoms with Gasteiger partial charge in [0.2, 0.25) is 0 Å². The van der Waals surface area contributed by atoms with Gasteiger partial charge in [0.25, 0.3) is 0 Å². The van der Waals surface area contributed by atoms with E-state index in [1.807, 2.05) is 0 Å². The Morgan fingerprint density at radius 2 is 1.69 bits per heavy atom. The van der Waals surface area contributed by atoms with Crippen LogP contribution in [0.1, 0.15) is 53.4 Å². The molecule has 0 heterocycles. The highest BCUT2D eigenvalue weighted by Crippen LogP contribution is 2.09. The van der Waals surface area contributed by atoms with E-state index in [9.17, 15) is 0 Å². The zero-order valence-electron chi connectivity index (χ0n) is 9.64. The summed E-state index contributed by atoms with van der Waals surface area (Å²) in [7, 11) is 0. The van der Waals surface area contributed by atoms with Gasteiger partial charge in [-0.05, 0) is 45.4 Å². The average Bonchev–Trinajstić information content (AvgIpc) is 2.11. The summed E-state index contributed by atoms with van der Waals surface area (Å²) < 4.78 is 0. The zero-order chi connectivity index (χ0) is 10.1. The van der Waals surface area contributed by atoms with Crippen LogP contribution >= 0.6 is 0 Å². The molecular formula is C13H24. The van der Waals surface area contributed by atoms with E-state index in [-0.39, 0.29) is 0 Å². The van der Waals surface area contributed by atoms with E-state index < -0.39 is 0 Å². The first kappa shape index (κ1) is 12.5. The molecule has 0 bridgehead atoms. The fraction of sp³-hybridized carbons (Fsp3) is 0.692. The molecule has 0 radical (unpaired) electrons. The van der Waals surface area contributed by atoms with Crippen LogP contribution in [0.2, 0.25) is 0 Å². The summed E-state index contributed by atoms with van der Waals surface area (Å²) in [5, 5.41) is 0. The molecule has 0 aliphatic rings. The van der Waals surface area contributed by atoms with Gasteiger partial charge in [-0.25, -0.2) is 0 Å². The maximum Gasteiger partial charge on any atom is -0.0239 e. The van der Waals surface area contributed by atoms with Gasteiger partial charge in [0.15, 0.2) is 0 Å². The first-order valence-electron chi connectivity index (χ1n) is 5.50. The highest BCUT2D eigenvalue weighted by molar-refractivity contribution is 4.95.